The molecule has 0 bridgehead atoms. The van der Waals surface area contributed by atoms with Gasteiger partial charge in [0.05, 0.1) is 0 Å². The topological polar surface area (TPSA) is 15.3 Å². The van der Waals surface area contributed by atoms with Gasteiger partial charge >= 0.3 is 0 Å². The van der Waals surface area contributed by atoms with Crippen LogP contribution in [0, 0.1) is 5.92 Å². The molecule has 1 saturated heterocycles. The molecule has 0 amide bonds. The maximum atomic E-state index is 3.62. The number of thioether (sulfide) groups is 1. The van der Waals surface area contributed by atoms with Crippen molar-refractivity contribution < 1.29 is 0 Å². The number of hydrogen-bond acceptors (Lipinski definition) is 3. The van der Waals surface area contributed by atoms with Gasteiger partial charge in [0.1, 0.15) is 0 Å². The number of unbranched alkanes of at least 4 members (excludes halogenated alkanes) is 2. The lowest BCUT2D eigenvalue weighted by molar-refractivity contribution is 0.216. The molecule has 0 saturated carbocycles. The zero-order valence-electron chi connectivity index (χ0n) is 11.0. The summed E-state index contributed by atoms with van der Waals surface area (Å²) in [5.41, 5.74) is 0. The van der Waals surface area contributed by atoms with E-state index < -0.39 is 0 Å². The van der Waals surface area contributed by atoms with Crippen LogP contribution >= 0.6 is 11.8 Å². The predicted molar refractivity (Wildman–Crippen MR) is 75.3 cm³/mol. The van der Waals surface area contributed by atoms with Crippen molar-refractivity contribution in [3.63, 3.8) is 0 Å². The Kier molecular flexibility index (Phi) is 8.34. The Labute approximate surface area is 106 Å². The molecule has 0 unspecified atom stereocenters. The van der Waals surface area contributed by atoms with Crippen molar-refractivity contribution in [1.29, 1.82) is 0 Å². The first-order valence-corrected chi connectivity index (χ1v) is 8.10. The maximum absolute atomic E-state index is 3.62. The first-order valence-electron chi connectivity index (χ1n) is 6.71. The molecule has 0 atom stereocenters. The maximum Gasteiger partial charge on any atom is -0.00187 e. The summed E-state index contributed by atoms with van der Waals surface area (Å²) in [6, 6.07) is 0. The molecule has 3 heteroatoms. The van der Waals surface area contributed by atoms with E-state index in [4.69, 9.17) is 0 Å². The normalized spacial score (nSPS) is 19.1. The predicted octanol–water partition coefficient (Wildman–Crippen LogP) is 2.45. The lowest BCUT2D eigenvalue weighted by Gasteiger charge is -2.29. The van der Waals surface area contributed by atoms with Crippen LogP contribution in [0.15, 0.2) is 0 Å². The Bertz CT molecular complexity index is 156. The SMILES string of the molecule is CSCCCCCNCC1CCN(C)CC1. The van der Waals surface area contributed by atoms with Crippen molar-refractivity contribution in [2.75, 3.05) is 45.2 Å². The Balaban J connectivity index is 1.84. The number of nitrogens with zero attached hydrogens (tertiary/aromatic N) is 1. The molecule has 2 nitrogen and oxygen atoms in total. The van der Waals surface area contributed by atoms with E-state index in [0.29, 0.717) is 0 Å². The number of piperidine rings is 1. The molecule has 96 valence electrons. The highest BCUT2D eigenvalue weighted by Crippen LogP contribution is 2.14. The second kappa shape index (κ2) is 9.32. The van der Waals surface area contributed by atoms with Crippen LogP contribution in [0.2, 0.25) is 0 Å². The zero-order valence-corrected chi connectivity index (χ0v) is 11.8. The fourth-order valence-electron chi connectivity index (χ4n) is 2.25. The molecule has 1 heterocycles. The summed E-state index contributed by atoms with van der Waals surface area (Å²) in [4.78, 5) is 2.44. The minimum Gasteiger partial charge on any atom is -0.316 e. The summed E-state index contributed by atoms with van der Waals surface area (Å²) in [5, 5.41) is 3.62. The Morgan fingerprint density at radius 2 is 1.94 bits per heavy atom. The van der Waals surface area contributed by atoms with E-state index in [1.807, 2.05) is 11.8 Å². The fraction of sp³-hybridized carbons (Fsp3) is 1.00. The number of nitrogens with one attached hydrogen (secondary N) is 1. The van der Waals surface area contributed by atoms with Crippen LogP contribution in [0.5, 0.6) is 0 Å². The average Bonchev–Trinajstić information content (AvgIpc) is 2.30. The van der Waals surface area contributed by atoms with Crippen molar-refractivity contribution in [3.05, 3.63) is 0 Å². The first-order chi connectivity index (χ1) is 7.83. The van der Waals surface area contributed by atoms with Crippen LogP contribution < -0.4 is 5.32 Å². The molecule has 0 radical (unpaired) electrons. The summed E-state index contributed by atoms with van der Waals surface area (Å²) in [6.45, 7) is 5.05. The third kappa shape index (κ3) is 6.77. The third-order valence-corrected chi connectivity index (χ3v) is 4.17. The summed E-state index contributed by atoms with van der Waals surface area (Å²) >= 11 is 1.96. The lowest BCUT2D eigenvalue weighted by atomic mass is 9.97. The Morgan fingerprint density at radius 3 is 2.62 bits per heavy atom. The average molecular weight is 244 g/mol. The summed E-state index contributed by atoms with van der Waals surface area (Å²) < 4.78 is 0. The molecule has 0 aliphatic carbocycles. The molecule has 1 aliphatic heterocycles. The first kappa shape index (κ1) is 14.3. The van der Waals surface area contributed by atoms with E-state index in [0.717, 1.165) is 5.92 Å². The Hall–Kier alpha value is 0.270. The monoisotopic (exact) mass is 244 g/mol. The van der Waals surface area contributed by atoms with E-state index in [1.54, 1.807) is 0 Å². The van der Waals surface area contributed by atoms with Gasteiger partial charge in [-0.25, -0.2) is 0 Å². The van der Waals surface area contributed by atoms with Crippen molar-refractivity contribution >= 4 is 11.8 Å². The highest BCUT2D eigenvalue weighted by atomic mass is 32.2. The van der Waals surface area contributed by atoms with Gasteiger partial charge in [0.25, 0.3) is 0 Å². The molecule has 16 heavy (non-hydrogen) atoms. The van der Waals surface area contributed by atoms with E-state index in [1.165, 1.54) is 64.0 Å². The minimum atomic E-state index is 0.933. The largest absolute Gasteiger partial charge is 0.316 e. The van der Waals surface area contributed by atoms with Crippen LogP contribution in [-0.4, -0.2) is 50.1 Å². The van der Waals surface area contributed by atoms with Gasteiger partial charge in [-0.3, -0.25) is 0 Å². The van der Waals surface area contributed by atoms with Gasteiger partial charge in [-0.2, -0.15) is 11.8 Å². The van der Waals surface area contributed by atoms with E-state index >= 15 is 0 Å². The number of rotatable bonds is 8. The molecular weight excluding hydrogens is 216 g/mol. The van der Waals surface area contributed by atoms with Crippen LogP contribution in [0.4, 0.5) is 0 Å². The lowest BCUT2D eigenvalue weighted by Crippen LogP contribution is -2.35. The van der Waals surface area contributed by atoms with Crippen molar-refractivity contribution in [2.45, 2.75) is 32.1 Å². The van der Waals surface area contributed by atoms with Crippen molar-refractivity contribution in [3.8, 4) is 0 Å². The molecular formula is C13H28N2S. The molecule has 0 aromatic carbocycles. The van der Waals surface area contributed by atoms with Gasteiger partial charge in [-0.15, -0.1) is 0 Å². The van der Waals surface area contributed by atoms with Crippen LogP contribution in [0.25, 0.3) is 0 Å². The molecule has 0 aromatic rings. The van der Waals surface area contributed by atoms with E-state index in [-0.39, 0.29) is 0 Å². The zero-order chi connectivity index (χ0) is 11.6. The smallest absolute Gasteiger partial charge is 0.00187 e. The number of likely N-dealkylation sites (tertiary alicyclic amines) is 1. The summed E-state index contributed by atoms with van der Waals surface area (Å²) in [6.07, 6.45) is 9.09. The fourth-order valence-corrected chi connectivity index (χ4v) is 2.74. The van der Waals surface area contributed by atoms with Gasteiger partial charge in [0.2, 0.25) is 0 Å². The standard InChI is InChI=1S/C13H28N2S/c1-15-9-6-13(7-10-15)12-14-8-4-3-5-11-16-2/h13-14H,3-12H2,1-2H3. The molecule has 1 N–H and O–H groups in total. The van der Waals surface area contributed by atoms with Crippen LogP contribution in [-0.2, 0) is 0 Å². The molecule has 0 spiro atoms. The van der Waals surface area contributed by atoms with Crippen LogP contribution in [0.3, 0.4) is 0 Å². The molecule has 1 fully saturated rings. The van der Waals surface area contributed by atoms with Gasteiger partial charge in [0, 0.05) is 0 Å². The molecule has 1 rings (SSSR count). The van der Waals surface area contributed by atoms with E-state index in [2.05, 4.69) is 23.5 Å². The second-order valence-corrected chi connectivity index (χ2v) is 5.99. The van der Waals surface area contributed by atoms with Gasteiger partial charge in [0.15, 0.2) is 0 Å². The van der Waals surface area contributed by atoms with Crippen molar-refractivity contribution in [2.24, 2.45) is 5.92 Å². The third-order valence-electron chi connectivity index (χ3n) is 3.47. The quantitative estimate of drug-likeness (QED) is 0.660. The highest BCUT2D eigenvalue weighted by Gasteiger charge is 2.15. The number of hydrogen-bond donors (Lipinski definition) is 1. The van der Waals surface area contributed by atoms with E-state index in [9.17, 15) is 0 Å². The van der Waals surface area contributed by atoms with Gasteiger partial charge in [-0.05, 0) is 76.8 Å². The summed E-state index contributed by atoms with van der Waals surface area (Å²) in [7, 11) is 2.23. The summed E-state index contributed by atoms with van der Waals surface area (Å²) in [5.74, 6) is 2.26. The second-order valence-electron chi connectivity index (χ2n) is 5.00. The molecule has 1 aliphatic rings. The molecule has 0 aromatic heterocycles. The Morgan fingerprint density at radius 1 is 1.19 bits per heavy atom. The van der Waals surface area contributed by atoms with Gasteiger partial charge < -0.3 is 10.2 Å². The van der Waals surface area contributed by atoms with Gasteiger partial charge in [-0.1, -0.05) is 6.42 Å². The highest BCUT2D eigenvalue weighted by molar-refractivity contribution is 7.98. The van der Waals surface area contributed by atoms with Crippen LogP contribution in [0.1, 0.15) is 32.1 Å². The minimum absolute atomic E-state index is 0.933. The van der Waals surface area contributed by atoms with Crippen molar-refractivity contribution in [1.82, 2.24) is 10.2 Å².